The van der Waals surface area contributed by atoms with Crippen molar-refractivity contribution >= 4 is 40.6 Å². The molecule has 61 heavy (non-hydrogen) atoms. The topological polar surface area (TPSA) is 172 Å². The van der Waals surface area contributed by atoms with Crippen molar-refractivity contribution in [3.05, 3.63) is 95.8 Å². The minimum Gasteiger partial charge on any atom is -0.457 e. The van der Waals surface area contributed by atoms with Crippen molar-refractivity contribution in [2.24, 2.45) is 0 Å². The second-order valence-corrected chi connectivity index (χ2v) is 17.1. The Morgan fingerprint density at radius 3 is 2.33 bits per heavy atom. The molecule has 0 spiro atoms. The molecule has 1 unspecified atom stereocenters. The molecule has 15 heteroatoms. The second kappa shape index (κ2) is 16.3. The van der Waals surface area contributed by atoms with Gasteiger partial charge >= 0.3 is 6.03 Å². The van der Waals surface area contributed by atoms with Gasteiger partial charge in [-0.1, -0.05) is 30.3 Å². The van der Waals surface area contributed by atoms with Gasteiger partial charge in [-0.25, -0.2) is 19.4 Å². The lowest BCUT2D eigenvalue weighted by Crippen LogP contribution is -2.53. The number of likely N-dealkylation sites (tertiary alicyclic amines) is 3. The first-order valence-corrected chi connectivity index (χ1v) is 21.6. The molecular weight excluding hydrogens is 773 g/mol. The van der Waals surface area contributed by atoms with Gasteiger partial charge in [-0.05, 0) is 118 Å². The van der Waals surface area contributed by atoms with E-state index < -0.39 is 6.04 Å². The first-order valence-electron chi connectivity index (χ1n) is 21.6. The molecule has 4 saturated heterocycles. The number of nitrogen functional groups attached to an aromatic ring is 1. The third-order valence-electron chi connectivity index (χ3n) is 13.4. The summed E-state index contributed by atoms with van der Waals surface area (Å²) in [5, 5.41) is 8.18. The van der Waals surface area contributed by atoms with E-state index in [4.69, 9.17) is 15.6 Å². The monoisotopic (exact) mass is 822 g/mol. The summed E-state index contributed by atoms with van der Waals surface area (Å²) in [5.41, 5.74) is 11.6. The van der Waals surface area contributed by atoms with E-state index in [2.05, 4.69) is 32.3 Å². The number of hydrogen-bond donors (Lipinski definition) is 2. The van der Waals surface area contributed by atoms with Crippen LogP contribution in [0.1, 0.15) is 84.8 Å². The Bertz CT molecular complexity index is 2480. The molecule has 0 aliphatic carbocycles. The number of rotatable bonds is 7. The highest BCUT2D eigenvalue weighted by molar-refractivity contribution is 6.05. The van der Waals surface area contributed by atoms with Crippen LogP contribution in [0.4, 0.5) is 10.6 Å². The standard InChI is InChI=1S/C46H50N10O5/c47-42-40-41(30-8-11-36(12-9-30)61-35-6-2-1-3-7-35)51-56(43(40)49-28-48-42)34-5-4-20-54(27-34)46(60)53-23-18-33(19-24-53)52-21-16-29(17-22-52)31-10-13-37-32(25-31)26-55(45(37)59)38-14-15-39(57)50-44(38)58/h1-3,6-13,25,28-29,33-34,38H,4-5,14-24,26-27H2,(H2,47,48,49)(H,50,57,58)/t34-,38?/m1/s1. The number of carbonyl (C=O) groups is 4. The Labute approximate surface area is 353 Å². The molecule has 3 N–H and O–H groups in total. The fourth-order valence-electron chi connectivity index (χ4n) is 10.2. The van der Waals surface area contributed by atoms with Gasteiger partial charge in [0.1, 0.15) is 35.4 Å². The number of benzene rings is 3. The van der Waals surface area contributed by atoms with E-state index in [1.807, 2.05) is 75.1 Å². The summed E-state index contributed by atoms with van der Waals surface area (Å²) < 4.78 is 7.96. The van der Waals surface area contributed by atoms with Crippen molar-refractivity contribution < 1.29 is 23.9 Å². The summed E-state index contributed by atoms with van der Waals surface area (Å²) in [7, 11) is 0. The van der Waals surface area contributed by atoms with E-state index in [-0.39, 0.29) is 36.2 Å². The summed E-state index contributed by atoms with van der Waals surface area (Å²) >= 11 is 0. The van der Waals surface area contributed by atoms with E-state index in [0.717, 1.165) is 81.6 Å². The van der Waals surface area contributed by atoms with Gasteiger partial charge in [0.25, 0.3) is 5.91 Å². The maximum Gasteiger partial charge on any atom is 0.320 e. The van der Waals surface area contributed by atoms with Crippen LogP contribution in [0, 0.1) is 0 Å². The Balaban J connectivity index is 0.740. The number of imide groups is 1. The van der Waals surface area contributed by atoms with Crippen molar-refractivity contribution in [3.8, 4) is 22.8 Å². The van der Waals surface area contributed by atoms with Crippen LogP contribution in [0.5, 0.6) is 11.5 Å². The van der Waals surface area contributed by atoms with Gasteiger partial charge in [0.2, 0.25) is 11.8 Å². The SMILES string of the molecule is Nc1ncnc2c1c(-c1ccc(Oc3ccccc3)cc1)nn2[C@@H]1CCCN(C(=O)N2CCC(N3CCC(c4ccc5c(c4)CN(C4CCC(=O)NC4=O)C5=O)CC3)CC2)C1. The zero-order valence-corrected chi connectivity index (χ0v) is 34.1. The smallest absolute Gasteiger partial charge is 0.320 e. The fourth-order valence-corrected chi connectivity index (χ4v) is 10.2. The number of para-hydroxylation sites is 1. The first-order chi connectivity index (χ1) is 29.8. The van der Waals surface area contributed by atoms with E-state index in [1.54, 1.807) is 4.90 Å². The van der Waals surface area contributed by atoms with E-state index >= 15 is 0 Å². The van der Waals surface area contributed by atoms with Crippen molar-refractivity contribution in [1.29, 1.82) is 0 Å². The van der Waals surface area contributed by atoms with Crippen LogP contribution in [-0.4, -0.2) is 114 Å². The Kier molecular flexibility index (Phi) is 10.3. The minimum atomic E-state index is -0.604. The number of fused-ring (bicyclic) bond motifs is 2. The molecule has 5 amide bonds. The molecule has 7 heterocycles. The van der Waals surface area contributed by atoms with Crippen LogP contribution in [0.15, 0.2) is 79.1 Å². The van der Waals surface area contributed by atoms with E-state index in [1.165, 1.54) is 11.9 Å². The van der Waals surface area contributed by atoms with Gasteiger partial charge in [0.15, 0.2) is 5.65 Å². The number of nitrogens with one attached hydrogen (secondary N) is 1. The third-order valence-corrected chi connectivity index (χ3v) is 13.4. The van der Waals surface area contributed by atoms with Crippen LogP contribution in [0.25, 0.3) is 22.3 Å². The molecule has 5 aromatic rings. The lowest BCUT2D eigenvalue weighted by molar-refractivity contribution is -0.136. The Morgan fingerprint density at radius 1 is 0.787 bits per heavy atom. The number of aromatic nitrogens is 4. The van der Waals surface area contributed by atoms with Gasteiger partial charge in [-0.3, -0.25) is 19.7 Å². The molecular formula is C46H50N10O5. The van der Waals surface area contributed by atoms with E-state index in [9.17, 15) is 19.2 Å². The second-order valence-electron chi connectivity index (χ2n) is 17.1. The first kappa shape index (κ1) is 38.8. The van der Waals surface area contributed by atoms with Crippen LogP contribution < -0.4 is 15.8 Å². The third kappa shape index (κ3) is 7.55. The molecule has 15 nitrogen and oxygen atoms in total. The molecule has 5 aliphatic heterocycles. The molecule has 5 aliphatic rings. The number of nitrogens with zero attached hydrogens (tertiary/aromatic N) is 8. The predicted octanol–water partition coefficient (Wildman–Crippen LogP) is 5.73. The average molecular weight is 823 g/mol. The number of ether oxygens (including phenoxy) is 1. The molecule has 0 radical (unpaired) electrons. The van der Waals surface area contributed by atoms with Crippen LogP contribution in [0.2, 0.25) is 0 Å². The molecule has 0 saturated carbocycles. The van der Waals surface area contributed by atoms with Crippen molar-refractivity contribution in [2.45, 2.75) is 82.0 Å². The number of urea groups is 1. The van der Waals surface area contributed by atoms with Crippen molar-refractivity contribution in [3.63, 3.8) is 0 Å². The largest absolute Gasteiger partial charge is 0.457 e. The van der Waals surface area contributed by atoms with Crippen LogP contribution in [0.3, 0.4) is 0 Å². The fraction of sp³-hybridized carbons (Fsp3) is 0.413. The highest BCUT2D eigenvalue weighted by atomic mass is 16.5. The average Bonchev–Trinajstić information content (AvgIpc) is 3.85. The summed E-state index contributed by atoms with van der Waals surface area (Å²) in [6.07, 6.45) is 7.79. The molecule has 4 fully saturated rings. The molecule has 314 valence electrons. The Morgan fingerprint density at radius 2 is 1.56 bits per heavy atom. The van der Waals surface area contributed by atoms with Gasteiger partial charge in [-0.15, -0.1) is 0 Å². The summed E-state index contributed by atoms with van der Waals surface area (Å²) in [6.45, 7) is 5.10. The highest BCUT2D eigenvalue weighted by Crippen LogP contribution is 2.37. The number of nitrogens with two attached hydrogens (primary N) is 1. The zero-order chi connectivity index (χ0) is 41.6. The summed E-state index contributed by atoms with van der Waals surface area (Å²) in [4.78, 5) is 68.6. The molecule has 2 atom stereocenters. The molecule has 0 bridgehead atoms. The number of carbonyl (C=O) groups excluding carboxylic acids is 4. The number of anilines is 1. The lowest BCUT2D eigenvalue weighted by Gasteiger charge is -2.43. The normalized spacial score (nSPS) is 21.8. The van der Waals surface area contributed by atoms with Crippen molar-refractivity contribution in [1.82, 2.24) is 44.7 Å². The molecule has 10 rings (SSSR count). The predicted molar refractivity (Wildman–Crippen MR) is 228 cm³/mol. The molecule has 2 aromatic heterocycles. The maximum atomic E-state index is 14.1. The highest BCUT2D eigenvalue weighted by Gasteiger charge is 2.40. The maximum absolute atomic E-state index is 14.1. The van der Waals surface area contributed by atoms with Gasteiger partial charge in [0.05, 0.1) is 11.4 Å². The Hall–Kier alpha value is -6.35. The lowest BCUT2D eigenvalue weighted by atomic mass is 9.86. The molecule has 3 aromatic carbocycles. The quantitative estimate of drug-likeness (QED) is 0.193. The minimum absolute atomic E-state index is 0.0572. The van der Waals surface area contributed by atoms with Crippen molar-refractivity contribution in [2.75, 3.05) is 45.0 Å². The van der Waals surface area contributed by atoms with Gasteiger partial charge in [0, 0.05) is 56.3 Å². The van der Waals surface area contributed by atoms with Gasteiger partial charge in [-0.2, -0.15) is 5.10 Å². The number of piperidine rings is 4. The van der Waals surface area contributed by atoms with Crippen LogP contribution in [-0.2, 0) is 16.1 Å². The number of hydrogen-bond acceptors (Lipinski definition) is 10. The zero-order valence-electron chi connectivity index (χ0n) is 34.1. The van der Waals surface area contributed by atoms with Crippen LogP contribution >= 0.6 is 0 Å². The van der Waals surface area contributed by atoms with Gasteiger partial charge < -0.3 is 30.1 Å². The van der Waals surface area contributed by atoms with E-state index in [0.29, 0.717) is 71.9 Å². The number of amides is 5. The summed E-state index contributed by atoms with van der Waals surface area (Å²) in [5.74, 6) is 1.45. The summed E-state index contributed by atoms with van der Waals surface area (Å²) in [6, 6.07) is 23.5.